The number of ether oxygens (including phenoxy) is 1. The van der Waals surface area contributed by atoms with E-state index in [9.17, 15) is 4.79 Å². The predicted octanol–water partition coefficient (Wildman–Crippen LogP) is 6.17. The topological polar surface area (TPSA) is 102 Å². The van der Waals surface area contributed by atoms with Gasteiger partial charge >= 0.3 is 6.09 Å². The number of aromatic nitrogens is 4. The van der Waals surface area contributed by atoms with Crippen LogP contribution in [-0.4, -0.2) is 67.2 Å². The maximum absolute atomic E-state index is 12.6. The second-order valence-electron chi connectivity index (χ2n) is 11.9. The molecule has 0 bridgehead atoms. The lowest BCUT2D eigenvalue weighted by molar-refractivity contribution is 0.0257. The Kier molecular flexibility index (Phi) is 7.82. The van der Waals surface area contributed by atoms with Crippen molar-refractivity contribution in [2.75, 3.05) is 31.9 Å². The molecule has 6 rings (SSSR count). The molecule has 220 valence electrons. The first-order valence-electron chi connectivity index (χ1n) is 14.7. The van der Waals surface area contributed by atoms with Crippen LogP contribution in [0.3, 0.4) is 0 Å². The fraction of sp³-hybridized carbons (Fsp3) is 0.294. The molecule has 1 fully saturated rings. The Morgan fingerprint density at radius 1 is 0.884 bits per heavy atom. The van der Waals surface area contributed by atoms with Crippen LogP contribution in [0.2, 0.25) is 0 Å². The molecule has 0 spiro atoms. The first kappa shape index (κ1) is 28.4. The Hall–Kier alpha value is -4.76. The average Bonchev–Trinajstić information content (AvgIpc) is 3.20. The zero-order valence-electron chi connectivity index (χ0n) is 24.9. The smallest absolute Gasteiger partial charge is 0.410 e. The minimum atomic E-state index is -0.493. The molecule has 1 aliphatic heterocycles. The van der Waals surface area contributed by atoms with E-state index in [2.05, 4.69) is 50.8 Å². The maximum Gasteiger partial charge on any atom is 0.410 e. The average molecular weight is 576 g/mol. The Labute approximate surface area is 252 Å². The highest BCUT2D eigenvalue weighted by Gasteiger charge is 2.25. The third-order valence-electron chi connectivity index (χ3n) is 7.49. The molecule has 2 N–H and O–H groups in total. The number of amides is 1. The number of hydrogen-bond acceptors (Lipinski definition) is 7. The Morgan fingerprint density at radius 2 is 1.67 bits per heavy atom. The molecule has 1 aliphatic rings. The lowest BCUT2D eigenvalue weighted by Crippen LogP contribution is -2.39. The van der Waals surface area contributed by atoms with E-state index < -0.39 is 5.60 Å². The van der Waals surface area contributed by atoms with E-state index >= 15 is 0 Å². The summed E-state index contributed by atoms with van der Waals surface area (Å²) in [6.45, 7) is 9.57. The molecule has 9 nitrogen and oxygen atoms in total. The van der Waals surface area contributed by atoms with Crippen molar-refractivity contribution in [3.05, 3.63) is 90.6 Å². The first-order valence-corrected chi connectivity index (χ1v) is 14.7. The lowest BCUT2D eigenvalue weighted by atomic mass is 10.1. The van der Waals surface area contributed by atoms with Crippen LogP contribution in [0.15, 0.2) is 85.1 Å². The summed E-state index contributed by atoms with van der Waals surface area (Å²) < 4.78 is 7.65. The monoisotopic (exact) mass is 575 g/mol. The van der Waals surface area contributed by atoms with Crippen LogP contribution in [0, 0.1) is 0 Å². The number of rotatable bonds is 5. The summed E-state index contributed by atoms with van der Waals surface area (Å²) in [5.74, 6) is 1.11. The van der Waals surface area contributed by atoms with Crippen molar-refractivity contribution in [1.29, 1.82) is 0 Å². The molecule has 0 radical (unpaired) electrons. The molecule has 43 heavy (non-hydrogen) atoms. The van der Waals surface area contributed by atoms with Crippen LogP contribution >= 0.6 is 0 Å². The lowest BCUT2D eigenvalue weighted by Gasteiger charge is -2.26. The van der Waals surface area contributed by atoms with Gasteiger partial charge in [0.2, 0.25) is 0 Å². The van der Waals surface area contributed by atoms with Gasteiger partial charge in [-0.2, -0.15) is 0 Å². The molecule has 5 aromatic rings. The van der Waals surface area contributed by atoms with E-state index in [-0.39, 0.29) is 6.09 Å². The summed E-state index contributed by atoms with van der Waals surface area (Å²) in [6.07, 6.45) is 2.35. The van der Waals surface area contributed by atoms with Gasteiger partial charge in [-0.25, -0.2) is 19.7 Å². The van der Waals surface area contributed by atoms with E-state index in [0.29, 0.717) is 24.7 Å². The summed E-state index contributed by atoms with van der Waals surface area (Å²) in [5.41, 5.74) is 12.2. The third kappa shape index (κ3) is 6.36. The van der Waals surface area contributed by atoms with Crippen LogP contribution in [0.5, 0.6) is 0 Å². The highest BCUT2D eigenvalue weighted by Crippen LogP contribution is 2.32. The van der Waals surface area contributed by atoms with Gasteiger partial charge in [-0.15, -0.1) is 0 Å². The molecule has 4 heterocycles. The third-order valence-corrected chi connectivity index (χ3v) is 7.49. The van der Waals surface area contributed by atoms with Gasteiger partial charge in [-0.05, 0) is 69.2 Å². The maximum atomic E-state index is 12.6. The fourth-order valence-corrected chi connectivity index (χ4v) is 5.41. The summed E-state index contributed by atoms with van der Waals surface area (Å²) in [7, 11) is 0. The Morgan fingerprint density at radius 3 is 2.42 bits per heavy atom. The predicted molar refractivity (Wildman–Crippen MR) is 170 cm³/mol. The van der Waals surface area contributed by atoms with Gasteiger partial charge in [0.1, 0.15) is 16.9 Å². The number of nitrogen functional groups attached to an aromatic ring is 1. The van der Waals surface area contributed by atoms with Crippen LogP contribution < -0.4 is 5.73 Å². The van der Waals surface area contributed by atoms with Crippen LogP contribution in [0.4, 0.5) is 10.6 Å². The molecule has 0 aliphatic carbocycles. The number of pyridine rings is 2. The molecule has 0 saturated carbocycles. The normalized spacial score (nSPS) is 14.5. The molecule has 2 aromatic carbocycles. The molecule has 3 aromatic heterocycles. The molecule has 0 unspecified atom stereocenters. The molecule has 1 saturated heterocycles. The van der Waals surface area contributed by atoms with E-state index in [1.807, 2.05) is 68.1 Å². The highest BCUT2D eigenvalue weighted by molar-refractivity contribution is 5.84. The number of carbonyl (C=O) groups excluding carboxylic acids is 1. The second kappa shape index (κ2) is 11.9. The summed E-state index contributed by atoms with van der Waals surface area (Å²) >= 11 is 0. The zero-order chi connectivity index (χ0) is 30.0. The van der Waals surface area contributed by atoms with E-state index in [4.69, 9.17) is 20.4 Å². The molecule has 0 atom stereocenters. The minimum Gasteiger partial charge on any atom is -0.444 e. The van der Waals surface area contributed by atoms with Gasteiger partial charge in [0.05, 0.1) is 11.3 Å². The van der Waals surface area contributed by atoms with Gasteiger partial charge in [0.25, 0.3) is 0 Å². The summed E-state index contributed by atoms with van der Waals surface area (Å²) in [6, 6.07) is 26.5. The number of hydrogen-bond donors (Lipinski definition) is 1. The van der Waals surface area contributed by atoms with Crippen molar-refractivity contribution in [3.63, 3.8) is 0 Å². The van der Waals surface area contributed by atoms with Crippen molar-refractivity contribution in [3.8, 4) is 28.3 Å². The molecule has 9 heteroatoms. The van der Waals surface area contributed by atoms with E-state index in [1.165, 1.54) is 5.56 Å². The van der Waals surface area contributed by atoms with Crippen LogP contribution in [-0.2, 0) is 11.3 Å². The van der Waals surface area contributed by atoms with Gasteiger partial charge < -0.3 is 15.4 Å². The number of anilines is 1. The van der Waals surface area contributed by atoms with Gasteiger partial charge in [0.15, 0.2) is 11.5 Å². The Bertz CT molecular complexity index is 1730. The molecule has 1 amide bonds. The number of fused-ring (bicyclic) bond motifs is 1. The standard InChI is InChI=1S/C34H37N7O2/c1-34(2,3)43-33(42)40-20-8-19-39(21-22-40)23-24-12-14-26(15-13-24)41-31(27-11-7-18-36-30(27)35)38-29-17-16-28(37-32(29)41)25-9-5-4-6-10-25/h4-7,9-18H,8,19-23H2,1-3H3,(H2,35,36). The number of carbonyl (C=O) groups is 1. The quantitative estimate of drug-likeness (QED) is 0.267. The van der Waals surface area contributed by atoms with Crippen molar-refractivity contribution in [1.82, 2.24) is 29.3 Å². The van der Waals surface area contributed by atoms with E-state index in [1.54, 1.807) is 6.20 Å². The van der Waals surface area contributed by atoms with Crippen molar-refractivity contribution in [2.24, 2.45) is 0 Å². The SMILES string of the molecule is CC(C)(C)OC(=O)N1CCCN(Cc2ccc(-n3c(-c4cccnc4N)nc4ccc(-c5ccccc5)nc43)cc2)CC1. The second-order valence-corrected chi connectivity index (χ2v) is 11.9. The minimum absolute atomic E-state index is 0.236. The largest absolute Gasteiger partial charge is 0.444 e. The highest BCUT2D eigenvalue weighted by atomic mass is 16.6. The molecular weight excluding hydrogens is 538 g/mol. The number of benzene rings is 2. The van der Waals surface area contributed by atoms with E-state index in [0.717, 1.165) is 59.7 Å². The number of imidazole rings is 1. The van der Waals surface area contributed by atoms with Gasteiger partial charge in [0, 0.05) is 50.2 Å². The van der Waals surface area contributed by atoms with Crippen molar-refractivity contribution in [2.45, 2.75) is 39.3 Å². The number of nitrogens with two attached hydrogens (primary N) is 1. The number of nitrogens with zero attached hydrogens (tertiary/aromatic N) is 6. The summed E-state index contributed by atoms with van der Waals surface area (Å²) in [5, 5.41) is 0. The molecular formula is C34H37N7O2. The summed E-state index contributed by atoms with van der Waals surface area (Å²) in [4.78, 5) is 31.1. The van der Waals surface area contributed by atoms with Gasteiger partial charge in [-0.3, -0.25) is 9.47 Å². The fourth-order valence-electron chi connectivity index (χ4n) is 5.41. The first-order chi connectivity index (χ1) is 20.7. The Balaban J connectivity index is 1.28. The van der Waals surface area contributed by atoms with Crippen molar-refractivity contribution < 1.29 is 9.53 Å². The van der Waals surface area contributed by atoms with Crippen molar-refractivity contribution >= 4 is 23.1 Å². The zero-order valence-corrected chi connectivity index (χ0v) is 24.9. The van der Waals surface area contributed by atoms with Crippen LogP contribution in [0.25, 0.3) is 39.5 Å². The van der Waals surface area contributed by atoms with Gasteiger partial charge in [-0.1, -0.05) is 42.5 Å². The van der Waals surface area contributed by atoms with Crippen LogP contribution in [0.1, 0.15) is 32.8 Å².